The van der Waals surface area contributed by atoms with Gasteiger partial charge in [-0.05, 0) is 24.8 Å². The number of hydrogen-bond donors (Lipinski definition) is 2. The minimum Gasteiger partial charge on any atom is -0.479 e. The molecule has 0 radical (unpaired) electrons. The van der Waals surface area contributed by atoms with Crippen molar-refractivity contribution in [3.63, 3.8) is 0 Å². The second-order valence-electron chi connectivity index (χ2n) is 5.70. The fourth-order valence-corrected chi connectivity index (χ4v) is 3.46. The van der Waals surface area contributed by atoms with Crippen LogP contribution in [0.2, 0.25) is 0 Å². The Bertz CT molecular complexity index is 787. The third-order valence-electron chi connectivity index (χ3n) is 3.92. The fourth-order valence-electron chi connectivity index (χ4n) is 2.52. The molecule has 2 aromatic rings. The van der Waals surface area contributed by atoms with E-state index in [4.69, 9.17) is 0 Å². The van der Waals surface area contributed by atoms with E-state index in [1.807, 2.05) is 19.9 Å². The monoisotopic (exact) mass is 307 g/mol. The Balaban J connectivity index is 2.35. The number of carboxylic acid groups (broad SMARTS) is 1. The molecule has 1 fully saturated rings. The first-order valence-corrected chi connectivity index (χ1v) is 7.71. The van der Waals surface area contributed by atoms with Crippen molar-refractivity contribution in [1.82, 2.24) is 9.78 Å². The van der Waals surface area contributed by atoms with Gasteiger partial charge in [0, 0.05) is 12.4 Å². The minimum atomic E-state index is -1.14. The zero-order chi connectivity index (χ0) is 15.4. The molecule has 0 amide bonds. The number of carboxylic acids is 1. The van der Waals surface area contributed by atoms with E-state index in [2.05, 4.69) is 10.4 Å². The summed E-state index contributed by atoms with van der Waals surface area (Å²) < 4.78 is 1.77. The first-order chi connectivity index (χ1) is 9.90. The van der Waals surface area contributed by atoms with Crippen molar-refractivity contribution in [2.24, 2.45) is 0 Å². The molecule has 21 heavy (non-hydrogen) atoms. The second kappa shape index (κ2) is 4.56. The molecule has 0 saturated heterocycles. The lowest BCUT2D eigenvalue weighted by Gasteiger charge is -2.16. The van der Waals surface area contributed by atoms with Crippen LogP contribution in [0.15, 0.2) is 10.9 Å². The summed E-state index contributed by atoms with van der Waals surface area (Å²) in [4.78, 5) is 24.1. The van der Waals surface area contributed by atoms with Gasteiger partial charge in [-0.3, -0.25) is 4.79 Å². The predicted octanol–water partition coefficient (Wildman–Crippen LogP) is 2.20. The maximum atomic E-state index is 12.6. The average molecular weight is 307 g/mol. The lowest BCUT2D eigenvalue weighted by molar-refractivity contribution is -0.143. The molecule has 6 nitrogen and oxygen atoms in total. The van der Waals surface area contributed by atoms with E-state index in [9.17, 15) is 14.7 Å². The number of thiophene rings is 1. The van der Waals surface area contributed by atoms with Crippen molar-refractivity contribution in [3.05, 3.63) is 22.1 Å². The Morgan fingerprint density at radius 2 is 2.19 bits per heavy atom. The van der Waals surface area contributed by atoms with E-state index in [1.54, 1.807) is 7.05 Å². The molecule has 1 aliphatic carbocycles. The molecule has 2 heterocycles. The largest absolute Gasteiger partial charge is 0.479 e. The van der Waals surface area contributed by atoms with Crippen LogP contribution in [0.4, 0.5) is 5.00 Å². The highest BCUT2D eigenvalue weighted by Gasteiger charge is 2.54. The number of carbonyl (C=O) groups is 1. The Hall–Kier alpha value is -1.89. The van der Waals surface area contributed by atoms with Crippen LogP contribution >= 0.6 is 11.3 Å². The lowest BCUT2D eigenvalue weighted by atomic mass is 10.1. The molecule has 1 saturated carbocycles. The summed E-state index contributed by atoms with van der Waals surface area (Å²) in [6, 6.07) is 1.91. The molecule has 0 spiro atoms. The normalized spacial score (nSPS) is 16.4. The molecule has 0 bridgehead atoms. The number of nitrogens with one attached hydrogen (secondary N) is 1. The summed E-state index contributed by atoms with van der Waals surface area (Å²) >= 11 is 1.35. The van der Waals surface area contributed by atoms with Crippen LogP contribution in [0.3, 0.4) is 0 Å². The van der Waals surface area contributed by atoms with E-state index in [0.717, 1.165) is 16.1 Å². The first-order valence-electron chi connectivity index (χ1n) is 6.89. The fraction of sp³-hybridized carbons (Fsp3) is 0.500. The first kappa shape index (κ1) is 14.1. The van der Waals surface area contributed by atoms with Crippen LogP contribution in [-0.2, 0) is 10.3 Å². The SMILES string of the molecule is CNc1cc2c(C(C)C)nn(C3(C(=O)O)CC3)c(=O)c2s1. The van der Waals surface area contributed by atoms with Gasteiger partial charge in [-0.15, -0.1) is 11.3 Å². The summed E-state index contributed by atoms with van der Waals surface area (Å²) in [6.07, 6.45) is 0.922. The number of nitrogens with zero attached hydrogens (tertiary/aromatic N) is 2. The Morgan fingerprint density at radius 3 is 2.67 bits per heavy atom. The molecule has 112 valence electrons. The van der Waals surface area contributed by atoms with Crippen LogP contribution in [0, 0.1) is 0 Å². The molecule has 7 heteroatoms. The molecule has 2 N–H and O–H groups in total. The van der Waals surface area contributed by atoms with Crippen LogP contribution in [0.1, 0.15) is 38.3 Å². The van der Waals surface area contributed by atoms with Crippen LogP contribution < -0.4 is 10.9 Å². The topological polar surface area (TPSA) is 84.2 Å². The molecule has 0 atom stereocenters. The summed E-state index contributed by atoms with van der Waals surface area (Å²) in [5, 5.41) is 18.6. The third kappa shape index (κ3) is 1.95. The number of fused-ring (bicyclic) bond motifs is 1. The van der Waals surface area contributed by atoms with Gasteiger partial charge < -0.3 is 10.4 Å². The number of anilines is 1. The zero-order valence-electron chi connectivity index (χ0n) is 12.1. The van der Waals surface area contributed by atoms with Gasteiger partial charge in [-0.2, -0.15) is 5.10 Å². The minimum absolute atomic E-state index is 0.114. The summed E-state index contributed by atoms with van der Waals surface area (Å²) in [6.45, 7) is 3.99. The molecular weight excluding hydrogens is 290 g/mol. The van der Waals surface area contributed by atoms with Crippen molar-refractivity contribution in [2.45, 2.75) is 38.1 Å². The highest BCUT2D eigenvalue weighted by Crippen LogP contribution is 2.43. The van der Waals surface area contributed by atoms with Crippen molar-refractivity contribution in [2.75, 3.05) is 12.4 Å². The van der Waals surface area contributed by atoms with Gasteiger partial charge in [0.1, 0.15) is 4.70 Å². The van der Waals surface area contributed by atoms with E-state index >= 15 is 0 Å². The van der Waals surface area contributed by atoms with Gasteiger partial charge in [0.2, 0.25) is 0 Å². The van der Waals surface area contributed by atoms with Crippen molar-refractivity contribution in [1.29, 1.82) is 0 Å². The molecular formula is C14H17N3O3S. The number of hydrogen-bond acceptors (Lipinski definition) is 5. The Labute approximate surface area is 125 Å². The zero-order valence-corrected chi connectivity index (χ0v) is 13.0. The standard InChI is InChI=1S/C14H17N3O3S/c1-7(2)10-8-6-9(15-3)21-11(8)12(18)17(16-10)14(4-5-14)13(19)20/h6-7,15H,4-5H2,1-3H3,(H,19,20). The number of aliphatic carboxylic acids is 1. The van der Waals surface area contributed by atoms with Crippen molar-refractivity contribution >= 4 is 32.4 Å². The lowest BCUT2D eigenvalue weighted by Crippen LogP contribution is -2.38. The van der Waals surface area contributed by atoms with E-state index in [1.165, 1.54) is 16.0 Å². The van der Waals surface area contributed by atoms with Crippen LogP contribution in [0.5, 0.6) is 0 Å². The number of aromatic nitrogens is 2. The van der Waals surface area contributed by atoms with Gasteiger partial charge >= 0.3 is 5.97 Å². The quantitative estimate of drug-likeness (QED) is 0.904. The number of rotatable bonds is 4. The van der Waals surface area contributed by atoms with E-state index < -0.39 is 11.5 Å². The average Bonchev–Trinajstić information content (AvgIpc) is 3.12. The van der Waals surface area contributed by atoms with Crippen LogP contribution in [-0.4, -0.2) is 27.9 Å². The van der Waals surface area contributed by atoms with E-state index in [-0.39, 0.29) is 11.5 Å². The highest BCUT2D eigenvalue weighted by molar-refractivity contribution is 7.22. The highest BCUT2D eigenvalue weighted by atomic mass is 32.1. The third-order valence-corrected chi connectivity index (χ3v) is 5.06. The maximum Gasteiger partial charge on any atom is 0.331 e. The Kier molecular flexibility index (Phi) is 3.05. The second-order valence-corrected chi connectivity index (χ2v) is 6.75. The smallest absolute Gasteiger partial charge is 0.331 e. The molecule has 1 aliphatic rings. The molecule has 0 aromatic carbocycles. The van der Waals surface area contributed by atoms with Crippen molar-refractivity contribution < 1.29 is 9.90 Å². The molecule has 0 unspecified atom stereocenters. The molecule has 3 rings (SSSR count). The van der Waals surface area contributed by atoms with Gasteiger partial charge in [0.15, 0.2) is 5.54 Å². The molecule has 0 aliphatic heterocycles. The Morgan fingerprint density at radius 1 is 1.52 bits per heavy atom. The summed E-state index contributed by atoms with van der Waals surface area (Å²) in [7, 11) is 1.80. The van der Waals surface area contributed by atoms with Gasteiger partial charge in [0.25, 0.3) is 5.56 Å². The molecule has 2 aromatic heterocycles. The van der Waals surface area contributed by atoms with Crippen molar-refractivity contribution in [3.8, 4) is 0 Å². The van der Waals surface area contributed by atoms with Gasteiger partial charge in [-0.25, -0.2) is 9.48 Å². The van der Waals surface area contributed by atoms with Gasteiger partial charge in [-0.1, -0.05) is 13.8 Å². The maximum absolute atomic E-state index is 12.6. The van der Waals surface area contributed by atoms with E-state index in [0.29, 0.717) is 17.5 Å². The predicted molar refractivity (Wildman–Crippen MR) is 82.4 cm³/mol. The van der Waals surface area contributed by atoms with Crippen LogP contribution in [0.25, 0.3) is 10.1 Å². The summed E-state index contributed by atoms with van der Waals surface area (Å²) in [5.41, 5.74) is -0.672. The summed E-state index contributed by atoms with van der Waals surface area (Å²) in [5.74, 6) is -0.861. The van der Waals surface area contributed by atoms with Gasteiger partial charge in [0.05, 0.1) is 10.7 Å².